The van der Waals surface area contributed by atoms with E-state index in [0.29, 0.717) is 0 Å². The number of sulfonamides is 2. The number of rotatable bonds is 6. The van der Waals surface area contributed by atoms with Crippen molar-refractivity contribution in [1.29, 1.82) is 0 Å². The number of benzene rings is 1. The molecule has 12 heteroatoms. The van der Waals surface area contributed by atoms with Gasteiger partial charge in [0.05, 0.1) is 22.0 Å². The number of halogens is 1. The average Bonchev–Trinajstić information content (AvgIpc) is 2.85. The maximum absolute atomic E-state index is 14.1. The van der Waals surface area contributed by atoms with Crippen molar-refractivity contribution in [2.24, 2.45) is 7.05 Å². The van der Waals surface area contributed by atoms with Gasteiger partial charge in [0.1, 0.15) is 5.82 Å². The molecule has 1 aromatic carbocycles. The maximum Gasteiger partial charge on any atom is 0.263 e. The fourth-order valence-electron chi connectivity index (χ4n) is 1.60. The highest BCUT2D eigenvalue weighted by molar-refractivity contribution is 7.93. The molecule has 2 N–H and O–H groups in total. The molecule has 9 nitrogen and oxygen atoms in total. The molecule has 0 saturated carbocycles. The van der Waals surface area contributed by atoms with E-state index in [0.717, 1.165) is 18.2 Å². The molecule has 0 aliphatic heterocycles. The van der Waals surface area contributed by atoms with Crippen molar-refractivity contribution in [1.82, 2.24) is 15.0 Å². The lowest BCUT2D eigenvalue weighted by atomic mass is 10.3. The predicted octanol–water partition coefficient (Wildman–Crippen LogP) is 0.905. The largest absolute Gasteiger partial charge is 0.280 e. The molecule has 1 aromatic heterocycles. The van der Waals surface area contributed by atoms with Gasteiger partial charge in [-0.25, -0.2) is 25.9 Å². The first kappa shape index (κ1) is 18.1. The summed E-state index contributed by atoms with van der Waals surface area (Å²) in [7, 11) is -6.34. The number of hydrogen-bond acceptors (Lipinski definition) is 6. The first-order valence-corrected chi connectivity index (χ1v) is 9.74. The fourth-order valence-corrected chi connectivity index (χ4v) is 3.39. The van der Waals surface area contributed by atoms with Gasteiger partial charge >= 0.3 is 0 Å². The zero-order valence-corrected chi connectivity index (χ0v) is 14.7. The highest BCUT2D eigenvalue weighted by Gasteiger charge is 2.21. The Labute approximate surface area is 139 Å². The van der Waals surface area contributed by atoms with Crippen LogP contribution in [-0.2, 0) is 27.1 Å². The molecule has 0 amide bonds. The number of hydrogen-bond donors (Lipinski definition) is 2. The van der Waals surface area contributed by atoms with Gasteiger partial charge in [0.25, 0.3) is 10.0 Å². The second-order valence-electron chi connectivity index (χ2n) is 5.19. The van der Waals surface area contributed by atoms with Gasteiger partial charge in [-0.15, -0.1) is 5.10 Å². The average molecular weight is 377 g/mol. The van der Waals surface area contributed by atoms with Crippen LogP contribution in [0.4, 0.5) is 15.9 Å². The van der Waals surface area contributed by atoms with Crippen molar-refractivity contribution < 1.29 is 21.2 Å². The molecule has 0 aliphatic rings. The van der Waals surface area contributed by atoms with Crippen LogP contribution >= 0.6 is 0 Å². The van der Waals surface area contributed by atoms with Crippen LogP contribution in [0, 0.1) is 5.82 Å². The van der Waals surface area contributed by atoms with Crippen LogP contribution in [0.3, 0.4) is 0 Å². The van der Waals surface area contributed by atoms with E-state index in [9.17, 15) is 21.2 Å². The van der Waals surface area contributed by atoms with E-state index in [-0.39, 0.29) is 16.4 Å². The minimum absolute atomic E-state index is 0.0972. The monoisotopic (exact) mass is 377 g/mol. The highest BCUT2D eigenvalue weighted by Crippen LogP contribution is 2.22. The summed E-state index contributed by atoms with van der Waals surface area (Å²) in [5.74, 6) is -0.912. The van der Waals surface area contributed by atoms with Crippen molar-refractivity contribution in [3.05, 3.63) is 30.2 Å². The first-order valence-electron chi connectivity index (χ1n) is 6.71. The third-order valence-corrected chi connectivity index (χ3v) is 6.18. The molecule has 0 radical (unpaired) electrons. The molecule has 0 aliphatic carbocycles. The normalized spacial score (nSPS) is 12.4. The number of aryl methyl sites for hydroxylation is 1. The Morgan fingerprint density at radius 2 is 1.83 bits per heavy atom. The van der Waals surface area contributed by atoms with E-state index in [4.69, 9.17) is 0 Å². The Hall–Kier alpha value is -2.21. The summed E-state index contributed by atoms with van der Waals surface area (Å²) in [4.78, 5) is -0.367. The van der Waals surface area contributed by atoms with Crippen LogP contribution in [0.25, 0.3) is 0 Å². The molecule has 132 valence electrons. The zero-order valence-electron chi connectivity index (χ0n) is 13.1. The van der Waals surface area contributed by atoms with Gasteiger partial charge in [-0.2, -0.15) is 0 Å². The Balaban J connectivity index is 2.31. The minimum Gasteiger partial charge on any atom is -0.280 e. The summed E-state index contributed by atoms with van der Waals surface area (Å²) in [5, 5.41) is 6.33. The molecular formula is C12H16FN5O4S2. The lowest BCUT2D eigenvalue weighted by Gasteiger charge is -2.13. The Morgan fingerprint density at radius 1 is 1.17 bits per heavy atom. The molecule has 24 heavy (non-hydrogen) atoms. The number of anilines is 2. The van der Waals surface area contributed by atoms with Gasteiger partial charge in [-0.3, -0.25) is 9.44 Å². The first-order chi connectivity index (χ1) is 11.0. The van der Waals surface area contributed by atoms with Gasteiger partial charge < -0.3 is 0 Å². The van der Waals surface area contributed by atoms with Gasteiger partial charge in [-0.05, 0) is 32.0 Å². The number of nitrogens with zero attached hydrogens (tertiary/aromatic N) is 3. The van der Waals surface area contributed by atoms with Crippen molar-refractivity contribution in [3.63, 3.8) is 0 Å². The van der Waals surface area contributed by atoms with E-state index < -0.39 is 31.1 Å². The Bertz CT molecular complexity index is 954. The molecule has 0 fully saturated rings. The lowest BCUT2D eigenvalue weighted by Crippen LogP contribution is -2.23. The minimum atomic E-state index is -4.07. The topological polar surface area (TPSA) is 123 Å². The zero-order chi connectivity index (χ0) is 18.1. The molecule has 0 saturated heterocycles. The summed E-state index contributed by atoms with van der Waals surface area (Å²) in [5.41, 5.74) is -0.329. The fraction of sp³-hybridized carbons (Fsp3) is 0.333. The van der Waals surface area contributed by atoms with Crippen LogP contribution in [0.1, 0.15) is 13.8 Å². The molecule has 0 atom stereocenters. The second kappa shape index (κ2) is 6.36. The summed E-state index contributed by atoms with van der Waals surface area (Å²) in [6, 6.07) is 2.86. The van der Waals surface area contributed by atoms with Crippen molar-refractivity contribution in [2.45, 2.75) is 24.0 Å². The van der Waals surface area contributed by atoms with Crippen LogP contribution in [0.5, 0.6) is 0 Å². The van der Waals surface area contributed by atoms with E-state index in [2.05, 4.69) is 19.8 Å². The maximum atomic E-state index is 14.1. The second-order valence-corrected chi connectivity index (χ2v) is 9.11. The van der Waals surface area contributed by atoms with Gasteiger partial charge in [0.15, 0.2) is 5.82 Å². The van der Waals surface area contributed by atoms with Crippen LogP contribution in [0.15, 0.2) is 29.3 Å². The molecule has 1 heterocycles. The predicted molar refractivity (Wildman–Crippen MR) is 85.9 cm³/mol. The summed E-state index contributed by atoms with van der Waals surface area (Å²) >= 11 is 0. The lowest BCUT2D eigenvalue weighted by molar-refractivity contribution is 0.589. The van der Waals surface area contributed by atoms with Crippen LogP contribution < -0.4 is 9.44 Å². The highest BCUT2D eigenvalue weighted by atomic mass is 32.2. The Kier molecular flexibility index (Phi) is 4.80. The number of aromatic nitrogens is 3. The van der Waals surface area contributed by atoms with Gasteiger partial charge in [0, 0.05) is 7.05 Å². The van der Waals surface area contributed by atoms with Gasteiger partial charge in [-0.1, -0.05) is 5.21 Å². The third-order valence-electron chi connectivity index (χ3n) is 3.08. The third kappa shape index (κ3) is 3.82. The molecule has 0 spiro atoms. The molecule has 2 aromatic rings. The number of nitrogens with one attached hydrogen (secondary N) is 2. The smallest absolute Gasteiger partial charge is 0.263 e. The van der Waals surface area contributed by atoms with Gasteiger partial charge in [0.2, 0.25) is 10.0 Å². The van der Waals surface area contributed by atoms with Crippen molar-refractivity contribution in [3.8, 4) is 0 Å². The van der Waals surface area contributed by atoms with E-state index in [1.165, 1.54) is 31.8 Å². The van der Waals surface area contributed by atoms with E-state index in [1.807, 2.05) is 0 Å². The van der Waals surface area contributed by atoms with Crippen LogP contribution in [-0.4, -0.2) is 37.1 Å². The summed E-state index contributed by atoms with van der Waals surface area (Å²) in [6.45, 7) is 2.87. The Morgan fingerprint density at radius 3 is 2.33 bits per heavy atom. The standard InChI is InChI=1S/C12H16FN5O4S2/c1-8(2)23(19,20)15-11-5-4-9(6-10(11)13)24(21,22)16-12-7-14-17-18(12)3/h4-8,15-16H,1-3H3. The molecule has 0 bridgehead atoms. The van der Waals surface area contributed by atoms with E-state index >= 15 is 0 Å². The summed E-state index contributed by atoms with van der Waals surface area (Å²) < 4.78 is 67.5. The van der Waals surface area contributed by atoms with Crippen molar-refractivity contribution in [2.75, 3.05) is 9.44 Å². The molecular weight excluding hydrogens is 361 g/mol. The molecule has 0 unspecified atom stereocenters. The van der Waals surface area contributed by atoms with E-state index in [1.54, 1.807) is 0 Å². The van der Waals surface area contributed by atoms with Crippen LogP contribution in [0.2, 0.25) is 0 Å². The SMILES string of the molecule is CC(C)S(=O)(=O)Nc1ccc(S(=O)(=O)Nc2cnnn2C)cc1F. The quantitative estimate of drug-likeness (QED) is 0.771. The van der Waals surface area contributed by atoms with Crippen molar-refractivity contribution >= 4 is 31.6 Å². The molecule has 2 rings (SSSR count). The summed E-state index contributed by atoms with van der Waals surface area (Å²) in [6.07, 6.45) is 1.19.